The van der Waals surface area contributed by atoms with E-state index in [1.807, 2.05) is 122 Å². The molecule has 0 spiro atoms. The molecule has 31 heavy (non-hydrogen) atoms. The fraction of sp³-hybridized carbons (Fsp3) is 0.0769. The first-order valence-corrected chi connectivity index (χ1v) is 13.1. The summed E-state index contributed by atoms with van der Waals surface area (Å²) in [7, 11) is -2.56. The monoisotopic (exact) mass is 426 g/mol. The van der Waals surface area contributed by atoms with Crippen molar-refractivity contribution < 1.29 is 8.85 Å². The molecule has 156 valence electrons. The van der Waals surface area contributed by atoms with Crippen LogP contribution in [0.2, 0.25) is 13.1 Å². The Balaban J connectivity index is 1.52. The van der Waals surface area contributed by atoms with Crippen molar-refractivity contribution in [3.05, 3.63) is 109 Å². The van der Waals surface area contributed by atoms with E-state index in [2.05, 4.69) is 10.6 Å². The first-order chi connectivity index (χ1) is 15.1. The summed E-state index contributed by atoms with van der Waals surface area (Å²) in [5.74, 6) is 1.55. The lowest BCUT2D eigenvalue weighted by atomic mass is 10.2. The number of para-hydroxylation sites is 6. The van der Waals surface area contributed by atoms with E-state index in [1.165, 1.54) is 0 Å². The smallest absolute Gasteiger partial charge is 0.454 e. The summed E-state index contributed by atoms with van der Waals surface area (Å²) < 4.78 is 12.9. The topological polar surface area (TPSA) is 42.5 Å². The van der Waals surface area contributed by atoms with Crippen LogP contribution in [0.15, 0.2) is 109 Å². The molecule has 0 saturated heterocycles. The first kappa shape index (κ1) is 20.6. The lowest BCUT2D eigenvalue weighted by Gasteiger charge is -2.27. The van der Waals surface area contributed by atoms with Crippen LogP contribution in [0.5, 0.6) is 11.5 Å². The zero-order valence-corrected chi connectivity index (χ0v) is 18.7. The molecule has 0 aliphatic heterocycles. The lowest BCUT2D eigenvalue weighted by molar-refractivity contribution is 0.401. The molecule has 0 unspecified atom stereocenters. The fourth-order valence-corrected chi connectivity index (χ4v) is 4.68. The maximum absolute atomic E-state index is 6.44. The summed E-state index contributed by atoms with van der Waals surface area (Å²) in [5.41, 5.74) is 3.84. The Bertz CT molecular complexity index is 1030. The van der Waals surface area contributed by atoms with Crippen molar-refractivity contribution in [1.29, 1.82) is 0 Å². The minimum atomic E-state index is -2.56. The first-order valence-electron chi connectivity index (χ1n) is 10.3. The van der Waals surface area contributed by atoms with E-state index in [4.69, 9.17) is 8.85 Å². The van der Waals surface area contributed by atoms with Crippen molar-refractivity contribution in [1.82, 2.24) is 0 Å². The van der Waals surface area contributed by atoms with Gasteiger partial charge >= 0.3 is 8.56 Å². The summed E-state index contributed by atoms with van der Waals surface area (Å²) >= 11 is 0. The van der Waals surface area contributed by atoms with Crippen LogP contribution < -0.4 is 19.5 Å². The van der Waals surface area contributed by atoms with Crippen molar-refractivity contribution in [2.45, 2.75) is 13.1 Å². The highest BCUT2D eigenvalue weighted by Crippen LogP contribution is 2.33. The molecule has 0 heterocycles. The van der Waals surface area contributed by atoms with Gasteiger partial charge in [-0.15, -0.1) is 0 Å². The second kappa shape index (κ2) is 9.41. The summed E-state index contributed by atoms with van der Waals surface area (Å²) in [5, 5.41) is 6.86. The normalized spacial score (nSPS) is 10.9. The Kier molecular flexibility index (Phi) is 6.24. The molecule has 0 atom stereocenters. The van der Waals surface area contributed by atoms with E-state index in [-0.39, 0.29) is 0 Å². The molecule has 2 N–H and O–H groups in total. The molecule has 0 aliphatic carbocycles. The van der Waals surface area contributed by atoms with Crippen LogP contribution in [-0.4, -0.2) is 8.56 Å². The average Bonchev–Trinajstić information content (AvgIpc) is 2.78. The number of hydrogen-bond donors (Lipinski definition) is 2. The van der Waals surface area contributed by atoms with E-state index in [0.717, 1.165) is 34.2 Å². The third kappa shape index (κ3) is 5.68. The largest absolute Gasteiger partial charge is 0.510 e. The van der Waals surface area contributed by atoms with Crippen LogP contribution in [0.25, 0.3) is 0 Å². The van der Waals surface area contributed by atoms with Gasteiger partial charge in [0.05, 0.1) is 11.4 Å². The minimum absolute atomic E-state index is 0.775. The predicted molar refractivity (Wildman–Crippen MR) is 131 cm³/mol. The highest BCUT2D eigenvalue weighted by molar-refractivity contribution is 6.66. The van der Waals surface area contributed by atoms with Crippen molar-refractivity contribution in [3.63, 3.8) is 0 Å². The molecule has 5 heteroatoms. The highest BCUT2D eigenvalue weighted by Gasteiger charge is 2.31. The van der Waals surface area contributed by atoms with Gasteiger partial charge < -0.3 is 19.5 Å². The summed E-state index contributed by atoms with van der Waals surface area (Å²) in [6.45, 7) is 4.09. The molecule has 0 saturated carbocycles. The second-order valence-corrected chi connectivity index (χ2v) is 10.8. The summed E-state index contributed by atoms with van der Waals surface area (Å²) in [6.07, 6.45) is 0. The molecule has 0 radical (unpaired) electrons. The third-order valence-corrected chi connectivity index (χ3v) is 6.01. The molecule has 4 aromatic carbocycles. The van der Waals surface area contributed by atoms with E-state index < -0.39 is 8.56 Å². The Labute approximate surface area is 184 Å². The van der Waals surface area contributed by atoms with Crippen LogP contribution >= 0.6 is 0 Å². The number of rotatable bonds is 8. The van der Waals surface area contributed by atoms with Crippen molar-refractivity contribution in [2.24, 2.45) is 0 Å². The second-order valence-electron chi connectivity index (χ2n) is 7.58. The quantitative estimate of drug-likeness (QED) is 0.289. The summed E-state index contributed by atoms with van der Waals surface area (Å²) in [6, 6.07) is 36.0. The Morgan fingerprint density at radius 3 is 1.26 bits per heavy atom. The van der Waals surface area contributed by atoms with E-state index in [9.17, 15) is 0 Å². The summed E-state index contributed by atoms with van der Waals surface area (Å²) in [4.78, 5) is 0. The predicted octanol–water partition coefficient (Wildman–Crippen LogP) is 7.33. The van der Waals surface area contributed by atoms with Gasteiger partial charge in [-0.3, -0.25) is 0 Å². The number of hydrogen-bond acceptors (Lipinski definition) is 4. The zero-order valence-electron chi connectivity index (χ0n) is 17.7. The maximum Gasteiger partial charge on any atom is 0.454 e. The van der Waals surface area contributed by atoms with Crippen molar-refractivity contribution >= 4 is 31.3 Å². The number of anilines is 4. The van der Waals surface area contributed by atoms with Gasteiger partial charge in [0.1, 0.15) is 11.5 Å². The molecule has 0 fully saturated rings. The van der Waals surface area contributed by atoms with Crippen LogP contribution in [-0.2, 0) is 0 Å². The Morgan fingerprint density at radius 2 is 0.839 bits per heavy atom. The van der Waals surface area contributed by atoms with Crippen LogP contribution in [0.3, 0.4) is 0 Å². The van der Waals surface area contributed by atoms with Gasteiger partial charge in [0.2, 0.25) is 0 Å². The third-order valence-electron chi connectivity index (χ3n) is 4.59. The minimum Gasteiger partial charge on any atom is -0.510 e. The Hall–Kier alpha value is -3.70. The van der Waals surface area contributed by atoms with Crippen LogP contribution in [0.1, 0.15) is 0 Å². The zero-order chi connectivity index (χ0) is 21.5. The van der Waals surface area contributed by atoms with Gasteiger partial charge in [-0.25, -0.2) is 0 Å². The van der Waals surface area contributed by atoms with Crippen molar-refractivity contribution in [3.8, 4) is 11.5 Å². The van der Waals surface area contributed by atoms with E-state index in [0.29, 0.717) is 0 Å². The highest BCUT2D eigenvalue weighted by atomic mass is 28.4. The van der Waals surface area contributed by atoms with Gasteiger partial charge in [0, 0.05) is 24.5 Å². The van der Waals surface area contributed by atoms with E-state index >= 15 is 0 Å². The fourth-order valence-electron chi connectivity index (χ4n) is 3.22. The maximum atomic E-state index is 6.44. The molecule has 0 amide bonds. The standard InChI is InChI=1S/C26H26N2O2Si/c1-31(2,29-25-19-11-9-17-23(25)27-21-13-5-3-6-14-21)30-26-20-12-10-18-24(26)28-22-15-7-4-8-16-22/h3-20,27-28H,1-2H3. The molecule has 0 aliphatic rings. The molecule has 4 nitrogen and oxygen atoms in total. The van der Waals surface area contributed by atoms with Crippen LogP contribution in [0, 0.1) is 0 Å². The Morgan fingerprint density at radius 1 is 0.484 bits per heavy atom. The molecular weight excluding hydrogens is 400 g/mol. The molecular formula is C26H26N2O2Si. The van der Waals surface area contributed by atoms with Gasteiger partial charge in [-0.2, -0.15) is 0 Å². The SMILES string of the molecule is C[Si](C)(Oc1ccccc1Nc1ccccc1)Oc1ccccc1Nc1ccccc1. The van der Waals surface area contributed by atoms with E-state index in [1.54, 1.807) is 0 Å². The van der Waals surface area contributed by atoms with Gasteiger partial charge in [-0.05, 0) is 48.5 Å². The number of nitrogens with one attached hydrogen (secondary N) is 2. The lowest BCUT2D eigenvalue weighted by Crippen LogP contribution is -2.42. The van der Waals surface area contributed by atoms with Gasteiger partial charge in [0.25, 0.3) is 0 Å². The molecule has 0 bridgehead atoms. The van der Waals surface area contributed by atoms with Gasteiger partial charge in [0.15, 0.2) is 0 Å². The molecule has 4 aromatic rings. The van der Waals surface area contributed by atoms with Crippen molar-refractivity contribution in [2.75, 3.05) is 10.6 Å². The van der Waals surface area contributed by atoms with Crippen LogP contribution in [0.4, 0.5) is 22.7 Å². The van der Waals surface area contributed by atoms with Gasteiger partial charge in [-0.1, -0.05) is 60.7 Å². The molecule has 4 rings (SSSR count). The number of benzene rings is 4. The average molecular weight is 427 g/mol. The molecule has 0 aromatic heterocycles.